The highest BCUT2D eigenvalue weighted by Crippen LogP contribution is 2.36. The average Bonchev–Trinajstić information content (AvgIpc) is 2.52. The van der Waals surface area contributed by atoms with Crippen LogP contribution in [0, 0.1) is 15.5 Å². The molecule has 0 fully saturated rings. The largest absolute Gasteiger partial charge is 0.432 e. The molecule has 0 saturated heterocycles. The normalized spacial score (nSPS) is 12.3. The lowest BCUT2D eigenvalue weighted by Crippen LogP contribution is -2.37. The van der Waals surface area contributed by atoms with Gasteiger partial charge in [-0.05, 0) is 12.1 Å². The summed E-state index contributed by atoms with van der Waals surface area (Å²) in [4.78, 5) is 20.6. The van der Waals surface area contributed by atoms with Gasteiger partial charge in [-0.1, -0.05) is 0 Å². The average molecular weight is 400 g/mol. The minimum atomic E-state index is -5.12. The molecule has 27 heavy (non-hydrogen) atoms. The first kappa shape index (κ1) is 21.7. The van der Waals surface area contributed by atoms with E-state index in [9.17, 15) is 41.3 Å². The highest BCUT2D eigenvalue weighted by molar-refractivity contribution is 5.89. The van der Waals surface area contributed by atoms with Gasteiger partial charge in [-0.2, -0.15) is 26.3 Å². The predicted octanol–water partition coefficient (Wildman–Crippen LogP) is 3.34. The van der Waals surface area contributed by atoms with Gasteiger partial charge in [-0.15, -0.1) is 0 Å². The third-order valence-electron chi connectivity index (χ3n) is 2.76. The van der Waals surface area contributed by atoms with Crippen molar-refractivity contribution in [2.24, 2.45) is 0 Å². The SMILES string of the molecule is CNC(=O)N/C(=C\C(=N)Oc1ccc(C(F)(F)F)cc1[N+](=O)[O-])C(F)(F)F. The summed E-state index contributed by atoms with van der Waals surface area (Å²) >= 11 is 0. The molecule has 0 bridgehead atoms. The highest BCUT2D eigenvalue weighted by Gasteiger charge is 2.36. The van der Waals surface area contributed by atoms with Crippen LogP contribution in [-0.4, -0.2) is 30.1 Å². The summed E-state index contributed by atoms with van der Waals surface area (Å²) in [6.45, 7) is 0. The first-order valence-electron chi connectivity index (χ1n) is 6.65. The van der Waals surface area contributed by atoms with Gasteiger partial charge in [0.05, 0.1) is 10.5 Å². The number of carbonyl (C=O) groups is 1. The summed E-state index contributed by atoms with van der Waals surface area (Å²) in [7, 11) is 1.02. The minimum absolute atomic E-state index is 0.00334. The first-order valence-corrected chi connectivity index (χ1v) is 6.65. The van der Waals surface area contributed by atoms with Crippen molar-refractivity contribution in [2.75, 3.05) is 7.05 Å². The van der Waals surface area contributed by atoms with Crippen LogP contribution in [0.5, 0.6) is 5.75 Å². The van der Waals surface area contributed by atoms with E-state index in [2.05, 4.69) is 4.74 Å². The van der Waals surface area contributed by atoms with Crippen molar-refractivity contribution in [3.63, 3.8) is 0 Å². The summed E-state index contributed by atoms with van der Waals surface area (Å²) in [6.07, 6.45) is -10.0. The van der Waals surface area contributed by atoms with E-state index < -0.39 is 51.9 Å². The topological polar surface area (TPSA) is 117 Å². The molecule has 148 valence electrons. The number of carbonyl (C=O) groups excluding carboxylic acids is 1. The number of halogens is 6. The van der Waals surface area contributed by atoms with Crippen molar-refractivity contribution in [3.8, 4) is 5.75 Å². The molecule has 0 atom stereocenters. The smallest absolute Gasteiger partial charge is 0.431 e. The fraction of sp³-hybridized carbons (Fsp3) is 0.231. The summed E-state index contributed by atoms with van der Waals surface area (Å²) < 4.78 is 80.8. The first-order chi connectivity index (χ1) is 12.3. The Labute approximate surface area is 146 Å². The van der Waals surface area contributed by atoms with Gasteiger partial charge in [0.1, 0.15) is 5.70 Å². The molecule has 14 heteroatoms. The second-order valence-electron chi connectivity index (χ2n) is 4.66. The van der Waals surface area contributed by atoms with Crippen LogP contribution in [0.2, 0.25) is 0 Å². The number of allylic oxidation sites excluding steroid dienone is 1. The van der Waals surface area contributed by atoms with Crippen molar-refractivity contribution >= 4 is 17.6 Å². The quantitative estimate of drug-likeness (QED) is 0.236. The van der Waals surface area contributed by atoms with E-state index in [1.807, 2.05) is 5.32 Å². The monoisotopic (exact) mass is 400 g/mol. The maximum atomic E-state index is 12.8. The third kappa shape index (κ3) is 6.16. The van der Waals surface area contributed by atoms with E-state index >= 15 is 0 Å². The molecule has 8 nitrogen and oxygen atoms in total. The zero-order valence-electron chi connectivity index (χ0n) is 13.2. The maximum absolute atomic E-state index is 12.8. The lowest BCUT2D eigenvalue weighted by atomic mass is 10.2. The minimum Gasteiger partial charge on any atom is -0.432 e. The number of hydrogen-bond acceptors (Lipinski definition) is 5. The Morgan fingerprint density at radius 1 is 1.26 bits per heavy atom. The number of hydrogen-bond donors (Lipinski definition) is 3. The van der Waals surface area contributed by atoms with E-state index in [0.717, 1.165) is 7.05 Å². The fourth-order valence-corrected chi connectivity index (χ4v) is 1.58. The molecule has 0 spiro atoms. The summed E-state index contributed by atoms with van der Waals surface area (Å²) in [5.41, 5.74) is -4.34. The molecule has 2 amide bonds. The number of ether oxygens (including phenoxy) is 1. The molecule has 0 saturated carbocycles. The van der Waals surface area contributed by atoms with Gasteiger partial charge < -0.3 is 15.4 Å². The number of nitrogens with zero attached hydrogens (tertiary/aromatic N) is 1. The molecule has 1 rings (SSSR count). The van der Waals surface area contributed by atoms with Crippen molar-refractivity contribution in [1.29, 1.82) is 5.41 Å². The predicted molar refractivity (Wildman–Crippen MR) is 78.2 cm³/mol. The zero-order valence-corrected chi connectivity index (χ0v) is 13.2. The van der Waals surface area contributed by atoms with Gasteiger partial charge in [0.2, 0.25) is 11.6 Å². The molecule has 0 aliphatic rings. The van der Waals surface area contributed by atoms with Crippen LogP contribution >= 0.6 is 0 Å². The Hall–Kier alpha value is -3.32. The Morgan fingerprint density at radius 2 is 1.85 bits per heavy atom. The molecule has 3 N–H and O–H groups in total. The summed E-state index contributed by atoms with van der Waals surface area (Å²) in [6, 6.07) is -0.276. The molecule has 1 aromatic carbocycles. The van der Waals surface area contributed by atoms with E-state index in [4.69, 9.17) is 5.41 Å². The fourth-order valence-electron chi connectivity index (χ4n) is 1.58. The lowest BCUT2D eigenvalue weighted by Gasteiger charge is -2.13. The van der Waals surface area contributed by atoms with Crippen LogP contribution in [0.15, 0.2) is 30.0 Å². The number of nitrogens with one attached hydrogen (secondary N) is 3. The summed E-state index contributed by atoms with van der Waals surface area (Å²) in [5.74, 6) is -2.21. The standard InChI is InChI=1S/C13H10F6N4O4/c1-21-11(24)22-9(13(17,18)19)5-10(20)27-8-3-2-6(12(14,15)16)4-7(8)23(25)26/h2-5,20H,1H3,(H2,21,22,24)/b9-5-,20-10?. The van der Waals surface area contributed by atoms with E-state index in [-0.39, 0.29) is 12.1 Å². The molecule has 0 aliphatic carbocycles. The molecular weight excluding hydrogens is 390 g/mol. The number of rotatable bonds is 4. The number of nitro groups is 1. The molecule has 1 aromatic rings. The van der Waals surface area contributed by atoms with Crippen LogP contribution in [-0.2, 0) is 6.18 Å². The number of benzene rings is 1. The van der Waals surface area contributed by atoms with E-state index in [1.54, 1.807) is 0 Å². The summed E-state index contributed by atoms with van der Waals surface area (Å²) in [5, 5.41) is 21.4. The molecule has 0 aliphatic heterocycles. The Morgan fingerprint density at radius 3 is 2.30 bits per heavy atom. The van der Waals surface area contributed by atoms with Crippen LogP contribution in [0.3, 0.4) is 0 Å². The molecule has 0 aromatic heterocycles. The third-order valence-corrected chi connectivity index (χ3v) is 2.76. The van der Waals surface area contributed by atoms with E-state index in [0.29, 0.717) is 12.1 Å². The van der Waals surface area contributed by atoms with Crippen molar-refractivity contribution in [1.82, 2.24) is 10.6 Å². The molecule has 0 heterocycles. The van der Waals surface area contributed by atoms with Crippen LogP contribution in [0.1, 0.15) is 5.56 Å². The Balaban J connectivity index is 3.20. The second kappa shape index (κ2) is 7.92. The Kier molecular flexibility index (Phi) is 6.37. The molecule has 0 radical (unpaired) electrons. The lowest BCUT2D eigenvalue weighted by molar-refractivity contribution is -0.385. The van der Waals surface area contributed by atoms with Gasteiger partial charge in [0.15, 0.2) is 0 Å². The second-order valence-corrected chi connectivity index (χ2v) is 4.66. The number of amides is 2. The van der Waals surface area contributed by atoms with Gasteiger partial charge in [0, 0.05) is 19.2 Å². The Bertz CT molecular complexity index is 788. The molecular formula is C13H10F6N4O4. The molecule has 0 unspecified atom stereocenters. The zero-order chi connectivity index (χ0) is 21.0. The van der Waals surface area contributed by atoms with Crippen molar-refractivity contribution in [2.45, 2.75) is 12.4 Å². The van der Waals surface area contributed by atoms with Crippen molar-refractivity contribution < 1.29 is 40.8 Å². The van der Waals surface area contributed by atoms with Crippen LogP contribution in [0.25, 0.3) is 0 Å². The van der Waals surface area contributed by atoms with Gasteiger partial charge in [-0.3, -0.25) is 15.5 Å². The number of nitro benzene ring substituents is 1. The van der Waals surface area contributed by atoms with Gasteiger partial charge in [-0.25, -0.2) is 4.79 Å². The van der Waals surface area contributed by atoms with Crippen LogP contribution in [0.4, 0.5) is 36.8 Å². The van der Waals surface area contributed by atoms with Gasteiger partial charge >= 0.3 is 24.1 Å². The highest BCUT2D eigenvalue weighted by atomic mass is 19.4. The van der Waals surface area contributed by atoms with Crippen LogP contribution < -0.4 is 15.4 Å². The van der Waals surface area contributed by atoms with Crippen molar-refractivity contribution in [3.05, 3.63) is 45.6 Å². The van der Waals surface area contributed by atoms with E-state index in [1.165, 1.54) is 5.32 Å². The van der Waals surface area contributed by atoms with Gasteiger partial charge in [0.25, 0.3) is 0 Å². The number of alkyl halides is 6. The maximum Gasteiger partial charge on any atom is 0.431 e. The number of urea groups is 1.